The van der Waals surface area contributed by atoms with Gasteiger partial charge in [-0.05, 0) is 30.4 Å². The largest absolute Gasteiger partial charge is 0.399 e. The van der Waals surface area contributed by atoms with Crippen LogP contribution in [0.5, 0.6) is 0 Å². The van der Waals surface area contributed by atoms with Crippen LogP contribution in [0, 0.1) is 0 Å². The van der Waals surface area contributed by atoms with E-state index in [-0.39, 0.29) is 0 Å². The molecule has 5 nitrogen and oxygen atoms in total. The van der Waals surface area contributed by atoms with Gasteiger partial charge in [0.05, 0.1) is 11.4 Å². The Hall–Kier alpha value is -3.05. The molecule has 0 spiro atoms. The molecule has 1 aliphatic heterocycles. The minimum atomic E-state index is 0.496. The number of nitrogens with zero attached hydrogens (tertiary/aromatic N) is 1. The number of allylic oxidation sites excluding steroid dienone is 5. The Morgan fingerprint density at radius 1 is 1.33 bits per heavy atom. The number of benzene rings is 1. The van der Waals surface area contributed by atoms with Crippen LogP contribution in [0.15, 0.2) is 95.6 Å². The second-order valence-corrected chi connectivity index (χ2v) is 5.19. The first-order valence-corrected chi connectivity index (χ1v) is 7.64. The molecule has 0 aromatic heterocycles. The highest BCUT2D eigenvalue weighted by atomic mass is 15.3. The van der Waals surface area contributed by atoms with Crippen molar-refractivity contribution in [2.75, 3.05) is 7.05 Å². The lowest BCUT2D eigenvalue weighted by atomic mass is 10.0. The summed E-state index contributed by atoms with van der Waals surface area (Å²) in [5, 5.41) is 3.24. The van der Waals surface area contributed by atoms with Crippen LogP contribution in [-0.4, -0.2) is 12.8 Å². The van der Waals surface area contributed by atoms with Crippen LogP contribution in [0.25, 0.3) is 0 Å². The Bertz CT molecular complexity index is 723. The molecule has 0 amide bonds. The molecule has 1 heterocycles. The fraction of sp³-hybridized carbons (Fsp3) is 0.105. The smallest absolute Gasteiger partial charge is 0.0633 e. The Labute approximate surface area is 143 Å². The maximum absolute atomic E-state index is 5.89. The van der Waals surface area contributed by atoms with Crippen LogP contribution >= 0.6 is 0 Å². The monoisotopic (exact) mass is 321 g/mol. The fourth-order valence-electron chi connectivity index (χ4n) is 2.21. The summed E-state index contributed by atoms with van der Waals surface area (Å²) in [7, 11) is 1.80. The van der Waals surface area contributed by atoms with Gasteiger partial charge in [0, 0.05) is 42.3 Å². The molecule has 1 aliphatic rings. The highest BCUT2D eigenvalue weighted by Crippen LogP contribution is 2.21. The molecule has 2 rings (SSSR count). The summed E-state index contributed by atoms with van der Waals surface area (Å²) in [5.41, 5.74) is 16.7. The molecule has 1 aromatic carbocycles. The second kappa shape index (κ2) is 8.55. The molecule has 24 heavy (non-hydrogen) atoms. The zero-order chi connectivity index (χ0) is 17.4. The van der Waals surface area contributed by atoms with Crippen molar-refractivity contribution in [1.29, 1.82) is 0 Å². The van der Waals surface area contributed by atoms with Gasteiger partial charge < -0.3 is 16.5 Å². The van der Waals surface area contributed by atoms with Crippen molar-refractivity contribution < 1.29 is 0 Å². The fourth-order valence-corrected chi connectivity index (χ4v) is 2.21. The molecule has 0 fully saturated rings. The van der Waals surface area contributed by atoms with Crippen molar-refractivity contribution in [3.05, 3.63) is 90.6 Å². The maximum atomic E-state index is 5.89. The van der Waals surface area contributed by atoms with E-state index >= 15 is 0 Å². The number of hydrazine groups is 1. The molecule has 0 saturated heterocycles. The summed E-state index contributed by atoms with van der Waals surface area (Å²) in [6.45, 7) is 7.60. The number of hydrogen-bond donors (Lipinski definition) is 4. The van der Waals surface area contributed by atoms with E-state index in [9.17, 15) is 0 Å². The van der Waals surface area contributed by atoms with Crippen molar-refractivity contribution in [1.82, 2.24) is 16.2 Å². The third-order valence-corrected chi connectivity index (χ3v) is 3.39. The Morgan fingerprint density at radius 3 is 2.71 bits per heavy atom. The van der Waals surface area contributed by atoms with Gasteiger partial charge in [0.2, 0.25) is 0 Å². The first-order valence-electron chi connectivity index (χ1n) is 7.64. The Morgan fingerprint density at radius 2 is 2.08 bits per heavy atom. The van der Waals surface area contributed by atoms with E-state index < -0.39 is 0 Å². The summed E-state index contributed by atoms with van der Waals surface area (Å²) < 4.78 is 0. The van der Waals surface area contributed by atoms with Gasteiger partial charge >= 0.3 is 0 Å². The molecule has 5 heteroatoms. The van der Waals surface area contributed by atoms with Crippen LogP contribution in [0.4, 0.5) is 5.69 Å². The molecular formula is C19H23N5. The van der Waals surface area contributed by atoms with Crippen molar-refractivity contribution in [2.45, 2.75) is 6.42 Å². The van der Waals surface area contributed by atoms with Gasteiger partial charge in [-0.25, -0.2) is 5.43 Å². The summed E-state index contributed by atoms with van der Waals surface area (Å²) in [4.78, 5) is 4.71. The number of nitrogens with two attached hydrogens (primary N) is 1. The SMILES string of the molecule is C=C/C(=C\C=C1/CC(=Nc2ccccc2)C(C(=C)N)=CN1)NNC. The van der Waals surface area contributed by atoms with Crippen molar-refractivity contribution in [2.24, 2.45) is 10.7 Å². The molecule has 0 atom stereocenters. The highest BCUT2D eigenvalue weighted by molar-refractivity contribution is 6.06. The molecule has 124 valence electrons. The Balaban J connectivity index is 2.30. The predicted molar refractivity (Wildman–Crippen MR) is 101 cm³/mol. The lowest BCUT2D eigenvalue weighted by molar-refractivity contribution is 0.704. The van der Waals surface area contributed by atoms with Gasteiger partial charge in [0.15, 0.2) is 0 Å². The topological polar surface area (TPSA) is 74.5 Å². The summed E-state index contributed by atoms with van der Waals surface area (Å²) in [6, 6.07) is 9.80. The number of hydrogen-bond acceptors (Lipinski definition) is 5. The molecule has 0 bridgehead atoms. The van der Waals surface area contributed by atoms with Crippen LogP contribution < -0.4 is 21.9 Å². The summed E-state index contributed by atoms with van der Waals surface area (Å²) >= 11 is 0. The quantitative estimate of drug-likeness (QED) is 0.480. The minimum absolute atomic E-state index is 0.496. The van der Waals surface area contributed by atoms with Crippen molar-refractivity contribution >= 4 is 11.4 Å². The molecule has 0 aliphatic carbocycles. The van der Waals surface area contributed by atoms with Crippen LogP contribution in [0.2, 0.25) is 0 Å². The van der Waals surface area contributed by atoms with Gasteiger partial charge in [-0.1, -0.05) is 31.4 Å². The predicted octanol–water partition coefficient (Wildman–Crippen LogP) is 2.79. The molecule has 0 unspecified atom stereocenters. The average Bonchev–Trinajstić information content (AvgIpc) is 2.59. The average molecular weight is 321 g/mol. The van der Waals surface area contributed by atoms with Crippen LogP contribution in [0.3, 0.4) is 0 Å². The van der Waals surface area contributed by atoms with Gasteiger partial charge in [0.1, 0.15) is 0 Å². The third-order valence-electron chi connectivity index (χ3n) is 3.39. The number of nitrogens with one attached hydrogen (secondary N) is 3. The van der Waals surface area contributed by atoms with Gasteiger partial charge in [-0.15, -0.1) is 0 Å². The zero-order valence-corrected chi connectivity index (χ0v) is 13.8. The highest BCUT2D eigenvalue weighted by Gasteiger charge is 2.16. The molecule has 0 radical (unpaired) electrons. The van der Waals surface area contributed by atoms with E-state index in [0.29, 0.717) is 12.1 Å². The number of aliphatic imine (C=N–C) groups is 1. The first kappa shape index (κ1) is 17.3. The van der Waals surface area contributed by atoms with E-state index in [1.165, 1.54) is 0 Å². The van der Waals surface area contributed by atoms with Gasteiger partial charge in [-0.2, -0.15) is 0 Å². The normalized spacial score (nSPS) is 18.0. The van der Waals surface area contributed by atoms with Gasteiger partial charge in [0.25, 0.3) is 0 Å². The summed E-state index contributed by atoms with van der Waals surface area (Å²) in [6.07, 6.45) is 8.12. The number of para-hydroxylation sites is 1. The zero-order valence-electron chi connectivity index (χ0n) is 13.8. The van der Waals surface area contributed by atoms with E-state index in [1.807, 2.05) is 48.7 Å². The minimum Gasteiger partial charge on any atom is -0.399 e. The molecular weight excluding hydrogens is 298 g/mol. The lowest BCUT2D eigenvalue weighted by Crippen LogP contribution is -2.26. The van der Waals surface area contributed by atoms with E-state index in [4.69, 9.17) is 10.7 Å². The Kier molecular flexibility index (Phi) is 6.16. The second-order valence-electron chi connectivity index (χ2n) is 5.19. The standard InChI is InChI=1S/C19H23N5/c1-4-15(24-21-3)10-11-17-12-19(18(13-22-17)14(2)20)23-16-8-6-5-7-9-16/h4-11,13,21-22,24H,1-2,12,20H2,3H3/b15-10+,17-11+,23-19?. The van der Waals surface area contributed by atoms with Crippen LogP contribution in [0.1, 0.15) is 6.42 Å². The van der Waals surface area contributed by atoms with E-state index in [1.54, 1.807) is 13.1 Å². The lowest BCUT2D eigenvalue weighted by Gasteiger charge is -2.20. The number of rotatable bonds is 6. The third kappa shape index (κ3) is 4.72. The van der Waals surface area contributed by atoms with Crippen molar-refractivity contribution in [3.8, 4) is 0 Å². The molecule has 5 N–H and O–H groups in total. The van der Waals surface area contributed by atoms with E-state index in [0.717, 1.165) is 28.4 Å². The molecule has 0 saturated carbocycles. The maximum Gasteiger partial charge on any atom is 0.0633 e. The van der Waals surface area contributed by atoms with Gasteiger partial charge in [-0.3, -0.25) is 4.99 Å². The van der Waals surface area contributed by atoms with Crippen LogP contribution in [-0.2, 0) is 0 Å². The van der Waals surface area contributed by atoms with E-state index in [2.05, 4.69) is 29.3 Å². The first-order chi connectivity index (χ1) is 11.6. The molecule has 1 aromatic rings. The van der Waals surface area contributed by atoms with Crippen molar-refractivity contribution in [3.63, 3.8) is 0 Å². The summed E-state index contributed by atoms with van der Waals surface area (Å²) in [5.74, 6) is 0.